The molecule has 0 aliphatic carbocycles. The van der Waals surface area contributed by atoms with E-state index in [0.29, 0.717) is 37.3 Å². The van der Waals surface area contributed by atoms with Gasteiger partial charge in [-0.3, -0.25) is 4.79 Å². The molecule has 0 saturated carbocycles. The van der Waals surface area contributed by atoms with Crippen molar-refractivity contribution >= 4 is 22.5 Å². The van der Waals surface area contributed by atoms with Gasteiger partial charge in [0.2, 0.25) is 5.52 Å². The zero-order chi connectivity index (χ0) is 15.0. The number of aromatic nitrogens is 2. The average Bonchev–Trinajstić information content (AvgIpc) is 2.51. The smallest absolute Gasteiger partial charge is 0.270 e. The van der Waals surface area contributed by atoms with Crippen LogP contribution in [0.4, 0.5) is 11.5 Å². The maximum absolute atomic E-state index is 12.1. The Balaban J connectivity index is 2.19. The molecule has 0 unspecified atom stereocenters. The largest absolute Gasteiger partial charge is 0.393 e. The first-order valence-electron chi connectivity index (χ1n) is 6.91. The lowest BCUT2D eigenvalue weighted by molar-refractivity contribution is 0.145. The lowest BCUT2D eigenvalue weighted by Crippen LogP contribution is -2.37. The molecule has 1 fully saturated rings. The maximum atomic E-state index is 12.1. The summed E-state index contributed by atoms with van der Waals surface area (Å²) in [5.74, 6) is 0.319. The summed E-state index contributed by atoms with van der Waals surface area (Å²) >= 11 is 0. The van der Waals surface area contributed by atoms with Crippen molar-refractivity contribution < 1.29 is 5.11 Å². The van der Waals surface area contributed by atoms with Crippen molar-refractivity contribution in [3.05, 3.63) is 40.0 Å². The molecule has 108 valence electrons. The van der Waals surface area contributed by atoms with Gasteiger partial charge < -0.3 is 19.4 Å². The summed E-state index contributed by atoms with van der Waals surface area (Å²) in [7, 11) is 1.70. The van der Waals surface area contributed by atoms with Crippen LogP contribution in [0.3, 0.4) is 0 Å². The molecular weight excluding hydrogens is 268 g/mol. The molecular formula is C15H16N4O2. The molecule has 0 amide bonds. The average molecular weight is 284 g/mol. The molecule has 6 nitrogen and oxygen atoms in total. The Morgan fingerprint density at radius 3 is 2.76 bits per heavy atom. The minimum absolute atomic E-state index is 0.0963. The Kier molecular flexibility index (Phi) is 3.35. The van der Waals surface area contributed by atoms with Crippen LogP contribution in [-0.2, 0) is 7.05 Å². The summed E-state index contributed by atoms with van der Waals surface area (Å²) in [6.07, 6.45) is 1.09. The Labute approximate surface area is 122 Å². The normalized spacial score (nSPS) is 16.1. The van der Waals surface area contributed by atoms with E-state index in [-0.39, 0.29) is 11.7 Å². The van der Waals surface area contributed by atoms with Crippen LogP contribution in [0.1, 0.15) is 12.8 Å². The van der Waals surface area contributed by atoms with E-state index in [4.69, 9.17) is 6.57 Å². The minimum Gasteiger partial charge on any atom is -0.393 e. The molecule has 3 rings (SSSR count). The van der Waals surface area contributed by atoms with Crippen molar-refractivity contribution in [2.75, 3.05) is 18.0 Å². The molecule has 2 aromatic heterocycles. The van der Waals surface area contributed by atoms with Gasteiger partial charge in [0.05, 0.1) is 17.3 Å². The first-order valence-corrected chi connectivity index (χ1v) is 6.91. The van der Waals surface area contributed by atoms with Crippen molar-refractivity contribution in [2.45, 2.75) is 18.9 Å². The second-order valence-electron chi connectivity index (χ2n) is 5.29. The van der Waals surface area contributed by atoms with Crippen LogP contribution >= 0.6 is 0 Å². The number of aliphatic hydroxyl groups excluding tert-OH is 1. The second kappa shape index (κ2) is 5.19. The summed E-state index contributed by atoms with van der Waals surface area (Å²) in [4.78, 5) is 21.9. The molecule has 0 aromatic carbocycles. The van der Waals surface area contributed by atoms with Crippen molar-refractivity contribution in [1.82, 2.24) is 9.55 Å². The molecule has 1 aliphatic heterocycles. The molecule has 0 radical (unpaired) electrons. The third-order valence-corrected chi connectivity index (χ3v) is 3.97. The summed E-state index contributed by atoms with van der Waals surface area (Å²) in [5.41, 5.74) is 2.05. The first-order chi connectivity index (χ1) is 10.1. The number of piperidine rings is 1. The second-order valence-corrected chi connectivity index (χ2v) is 5.29. The number of hydrogen-bond donors (Lipinski definition) is 1. The Hall–Kier alpha value is -2.39. The van der Waals surface area contributed by atoms with Gasteiger partial charge in [0.25, 0.3) is 11.4 Å². The summed E-state index contributed by atoms with van der Waals surface area (Å²) < 4.78 is 1.54. The predicted octanol–water partition coefficient (Wildman–Crippen LogP) is 1.45. The van der Waals surface area contributed by atoms with Crippen molar-refractivity contribution in [1.29, 1.82) is 0 Å². The summed E-state index contributed by atoms with van der Waals surface area (Å²) in [5, 5.41) is 9.62. The Morgan fingerprint density at radius 2 is 2.10 bits per heavy atom. The van der Waals surface area contributed by atoms with E-state index in [1.165, 1.54) is 0 Å². The molecule has 6 heteroatoms. The van der Waals surface area contributed by atoms with E-state index >= 15 is 0 Å². The zero-order valence-corrected chi connectivity index (χ0v) is 11.8. The molecule has 0 atom stereocenters. The van der Waals surface area contributed by atoms with E-state index in [1.807, 2.05) is 0 Å². The molecule has 0 bridgehead atoms. The lowest BCUT2D eigenvalue weighted by atomic mass is 10.1. The van der Waals surface area contributed by atoms with E-state index in [9.17, 15) is 9.90 Å². The monoisotopic (exact) mass is 284 g/mol. The Bertz CT molecular complexity index is 783. The number of aryl methyl sites for hydroxylation is 1. The number of aliphatic hydroxyl groups is 1. The molecule has 1 saturated heterocycles. The van der Waals surface area contributed by atoms with Crippen LogP contribution in [0.25, 0.3) is 15.9 Å². The fourth-order valence-electron chi connectivity index (χ4n) is 2.71. The molecule has 0 spiro atoms. The van der Waals surface area contributed by atoms with Gasteiger partial charge in [-0.1, -0.05) is 6.57 Å². The molecule has 21 heavy (non-hydrogen) atoms. The third-order valence-electron chi connectivity index (χ3n) is 3.97. The molecule has 1 N–H and O–H groups in total. The SMILES string of the molecule is [C-]#[N+]c1ccc2c(n1)c(N1CCC(O)CC1)cc(=O)n2C. The highest BCUT2D eigenvalue weighted by Crippen LogP contribution is 2.27. The van der Waals surface area contributed by atoms with Crippen LogP contribution in [0, 0.1) is 6.57 Å². The van der Waals surface area contributed by atoms with Gasteiger partial charge in [-0.2, -0.15) is 0 Å². The van der Waals surface area contributed by atoms with Crippen molar-refractivity contribution in [3.8, 4) is 0 Å². The predicted molar refractivity (Wildman–Crippen MR) is 80.7 cm³/mol. The standard InChI is InChI=1S/C15H16N4O2/c1-16-13-4-3-11-15(17-13)12(9-14(21)18(11)2)19-7-5-10(20)6-8-19/h3-4,9-10,20H,5-8H2,2H3. The highest BCUT2D eigenvalue weighted by atomic mass is 16.3. The van der Waals surface area contributed by atoms with Gasteiger partial charge in [-0.05, 0) is 25.0 Å². The van der Waals surface area contributed by atoms with Crippen LogP contribution < -0.4 is 10.5 Å². The fraction of sp³-hybridized carbons (Fsp3) is 0.400. The summed E-state index contributed by atoms with van der Waals surface area (Å²) in [6, 6.07) is 4.96. The van der Waals surface area contributed by atoms with Gasteiger partial charge in [0, 0.05) is 26.2 Å². The molecule has 2 aromatic rings. The number of fused-ring (bicyclic) bond motifs is 1. The highest BCUT2D eigenvalue weighted by Gasteiger charge is 2.22. The van der Waals surface area contributed by atoms with Gasteiger partial charge in [-0.15, -0.1) is 4.98 Å². The number of anilines is 1. The maximum Gasteiger partial charge on any atom is 0.270 e. The number of rotatable bonds is 1. The third kappa shape index (κ3) is 2.36. The van der Waals surface area contributed by atoms with E-state index in [0.717, 1.165) is 11.2 Å². The van der Waals surface area contributed by atoms with Gasteiger partial charge >= 0.3 is 0 Å². The van der Waals surface area contributed by atoms with E-state index in [2.05, 4.69) is 14.7 Å². The number of hydrogen-bond acceptors (Lipinski definition) is 4. The van der Waals surface area contributed by atoms with Crippen LogP contribution in [0.2, 0.25) is 0 Å². The topological polar surface area (TPSA) is 62.7 Å². The molecule has 3 heterocycles. The highest BCUT2D eigenvalue weighted by molar-refractivity contribution is 5.89. The van der Waals surface area contributed by atoms with E-state index < -0.39 is 0 Å². The molecule has 1 aliphatic rings. The van der Waals surface area contributed by atoms with Gasteiger partial charge in [0.15, 0.2) is 0 Å². The van der Waals surface area contributed by atoms with Crippen LogP contribution in [-0.4, -0.2) is 33.9 Å². The number of nitrogens with zero attached hydrogens (tertiary/aromatic N) is 4. The van der Waals surface area contributed by atoms with Gasteiger partial charge in [-0.25, -0.2) is 0 Å². The minimum atomic E-state index is -0.272. The van der Waals surface area contributed by atoms with E-state index in [1.54, 1.807) is 29.8 Å². The van der Waals surface area contributed by atoms with Crippen molar-refractivity contribution in [2.24, 2.45) is 7.05 Å². The number of pyridine rings is 2. The van der Waals surface area contributed by atoms with Gasteiger partial charge in [0.1, 0.15) is 0 Å². The summed E-state index contributed by atoms with van der Waals surface area (Å²) in [6.45, 7) is 8.48. The lowest BCUT2D eigenvalue weighted by Gasteiger charge is -2.31. The first kappa shape index (κ1) is 13.6. The quantitative estimate of drug-likeness (QED) is 0.805. The Morgan fingerprint density at radius 1 is 1.38 bits per heavy atom. The zero-order valence-electron chi connectivity index (χ0n) is 11.8. The fourth-order valence-corrected chi connectivity index (χ4v) is 2.71. The van der Waals surface area contributed by atoms with Crippen molar-refractivity contribution in [3.63, 3.8) is 0 Å². The van der Waals surface area contributed by atoms with Crippen LogP contribution in [0.5, 0.6) is 0 Å². The van der Waals surface area contributed by atoms with Crippen LogP contribution in [0.15, 0.2) is 23.0 Å².